The number of hydrogen-bond donors (Lipinski definition) is 0. The molecule has 0 saturated carbocycles. The molecule has 0 heterocycles. The molecular weight excluding hydrogens is 260 g/mol. The Morgan fingerprint density at radius 3 is 2.24 bits per heavy atom. The van der Waals surface area contributed by atoms with E-state index in [1.165, 1.54) is 11.6 Å². The average Bonchev–Trinajstić information content (AvgIpc) is 2.48. The zero-order valence-corrected chi connectivity index (χ0v) is 12.6. The van der Waals surface area contributed by atoms with Gasteiger partial charge in [0.2, 0.25) is 0 Å². The van der Waals surface area contributed by atoms with Crippen molar-refractivity contribution in [3.8, 4) is 0 Å². The van der Waals surface area contributed by atoms with Crippen molar-refractivity contribution < 1.29 is 9.53 Å². The van der Waals surface area contributed by atoms with Crippen LogP contribution in [0.15, 0.2) is 79.6 Å². The van der Waals surface area contributed by atoms with Gasteiger partial charge in [-0.25, -0.2) is 4.79 Å². The molecule has 0 aliphatic carbocycles. The fraction of sp³-hybridized carbons (Fsp3) is 0.105. The lowest BCUT2D eigenvalue weighted by atomic mass is 10.0. The van der Waals surface area contributed by atoms with E-state index < -0.39 is 5.97 Å². The summed E-state index contributed by atoms with van der Waals surface area (Å²) in [6, 6.07) is 8.13. The second-order valence-corrected chi connectivity index (χ2v) is 4.59. The number of ether oxygens (including phenoxy) is 1. The van der Waals surface area contributed by atoms with Crippen LogP contribution in [0.25, 0.3) is 5.57 Å². The average molecular weight is 280 g/mol. The first-order valence-corrected chi connectivity index (χ1v) is 6.59. The Kier molecular flexibility index (Phi) is 6.15. The van der Waals surface area contributed by atoms with Crippen molar-refractivity contribution in [2.24, 2.45) is 0 Å². The molecule has 1 aromatic carbocycles. The lowest BCUT2D eigenvalue weighted by Crippen LogP contribution is -2.03. The Bertz CT molecular complexity index is 613. The van der Waals surface area contributed by atoms with Gasteiger partial charge in [0, 0.05) is 0 Å². The highest BCUT2D eigenvalue weighted by Gasteiger charge is 2.05. The van der Waals surface area contributed by atoms with Gasteiger partial charge in [-0.05, 0) is 31.1 Å². The molecule has 0 fully saturated rings. The van der Waals surface area contributed by atoms with Crippen LogP contribution < -0.4 is 0 Å². The van der Waals surface area contributed by atoms with Gasteiger partial charge in [0.1, 0.15) is 5.76 Å². The molecule has 2 heteroatoms. The molecule has 1 aromatic rings. The van der Waals surface area contributed by atoms with Gasteiger partial charge in [-0.15, -0.1) is 0 Å². The van der Waals surface area contributed by atoms with Crippen molar-refractivity contribution in [1.82, 2.24) is 0 Å². The molecule has 0 aliphatic heterocycles. The molecule has 0 unspecified atom stereocenters. The predicted octanol–water partition coefficient (Wildman–Crippen LogP) is 4.75. The minimum Gasteiger partial charge on any atom is -0.428 e. The summed E-state index contributed by atoms with van der Waals surface area (Å²) in [6.07, 6.45) is 6.72. The lowest BCUT2D eigenvalue weighted by Gasteiger charge is -2.04. The van der Waals surface area contributed by atoms with Gasteiger partial charge in [-0.1, -0.05) is 67.8 Å². The number of allylic oxidation sites excluding steroid dienone is 5. The summed E-state index contributed by atoms with van der Waals surface area (Å²) in [6.45, 7) is 14.6. The topological polar surface area (TPSA) is 26.3 Å². The summed E-state index contributed by atoms with van der Waals surface area (Å²) in [5, 5.41) is 0. The van der Waals surface area contributed by atoms with Crippen molar-refractivity contribution in [3.63, 3.8) is 0 Å². The predicted molar refractivity (Wildman–Crippen MR) is 88.5 cm³/mol. The van der Waals surface area contributed by atoms with E-state index in [-0.39, 0.29) is 5.57 Å². The third kappa shape index (κ3) is 5.11. The lowest BCUT2D eigenvalue weighted by molar-refractivity contribution is -0.134. The molecule has 1 rings (SSSR count). The maximum Gasteiger partial charge on any atom is 0.342 e. The van der Waals surface area contributed by atoms with Crippen LogP contribution in [0.2, 0.25) is 0 Å². The van der Waals surface area contributed by atoms with Crippen molar-refractivity contribution in [2.45, 2.75) is 13.8 Å². The van der Waals surface area contributed by atoms with Crippen LogP contribution in [0.3, 0.4) is 0 Å². The Labute approximate surface area is 126 Å². The second-order valence-electron chi connectivity index (χ2n) is 4.59. The van der Waals surface area contributed by atoms with E-state index >= 15 is 0 Å². The summed E-state index contributed by atoms with van der Waals surface area (Å²) < 4.78 is 5.13. The molecule has 21 heavy (non-hydrogen) atoms. The summed E-state index contributed by atoms with van der Waals surface area (Å²) in [5.41, 5.74) is 3.44. The number of rotatable bonds is 6. The van der Waals surface area contributed by atoms with E-state index in [9.17, 15) is 4.79 Å². The fourth-order valence-electron chi connectivity index (χ4n) is 1.56. The SMILES string of the molecule is C=CC(=C)C(=O)O/C(C)=C/C=C(\C=C)c1ccc(C)cc1. The Morgan fingerprint density at radius 2 is 1.71 bits per heavy atom. The minimum absolute atomic E-state index is 0.231. The standard InChI is InChI=1S/C19H20O2/c1-6-15(4)19(20)21-16(5)10-13-17(7-2)18-11-8-14(3)9-12-18/h6-13H,1-2,4H2,3,5H3/b16-10+,17-13+. The zero-order chi connectivity index (χ0) is 15.8. The quantitative estimate of drug-likeness (QED) is 0.325. The normalized spacial score (nSPS) is 11.7. The van der Waals surface area contributed by atoms with E-state index in [4.69, 9.17) is 4.74 Å². The van der Waals surface area contributed by atoms with Crippen LogP contribution in [0.4, 0.5) is 0 Å². The van der Waals surface area contributed by atoms with Gasteiger partial charge in [-0.3, -0.25) is 0 Å². The minimum atomic E-state index is -0.498. The van der Waals surface area contributed by atoms with Crippen LogP contribution in [0.5, 0.6) is 0 Å². The van der Waals surface area contributed by atoms with Gasteiger partial charge >= 0.3 is 5.97 Å². The van der Waals surface area contributed by atoms with Crippen molar-refractivity contribution >= 4 is 11.5 Å². The molecule has 0 amide bonds. The number of hydrogen-bond acceptors (Lipinski definition) is 2. The molecule has 0 saturated heterocycles. The highest BCUT2D eigenvalue weighted by molar-refractivity contribution is 5.91. The van der Waals surface area contributed by atoms with E-state index in [0.717, 1.165) is 11.1 Å². The highest BCUT2D eigenvalue weighted by atomic mass is 16.5. The van der Waals surface area contributed by atoms with Crippen LogP contribution in [-0.4, -0.2) is 5.97 Å². The van der Waals surface area contributed by atoms with Crippen molar-refractivity contribution in [1.29, 1.82) is 0 Å². The summed E-state index contributed by atoms with van der Waals surface area (Å²) >= 11 is 0. The largest absolute Gasteiger partial charge is 0.428 e. The van der Waals surface area contributed by atoms with Gasteiger partial charge < -0.3 is 4.74 Å². The molecule has 0 atom stereocenters. The molecular formula is C19H20O2. The molecule has 0 bridgehead atoms. The molecule has 0 aliphatic rings. The molecule has 0 spiro atoms. The van der Waals surface area contributed by atoms with E-state index in [1.54, 1.807) is 19.1 Å². The number of carbonyl (C=O) groups excluding carboxylic acids is 1. The molecule has 108 valence electrons. The molecule has 0 N–H and O–H groups in total. The van der Waals surface area contributed by atoms with E-state index in [0.29, 0.717) is 5.76 Å². The first kappa shape index (κ1) is 16.4. The van der Waals surface area contributed by atoms with Crippen molar-refractivity contribution in [2.75, 3.05) is 0 Å². The summed E-state index contributed by atoms with van der Waals surface area (Å²) in [7, 11) is 0. The second kappa shape index (κ2) is 7.85. The smallest absolute Gasteiger partial charge is 0.342 e. The van der Waals surface area contributed by atoms with E-state index in [1.807, 2.05) is 37.3 Å². The molecule has 0 radical (unpaired) electrons. The van der Waals surface area contributed by atoms with Gasteiger partial charge in [0.05, 0.1) is 5.57 Å². The maximum atomic E-state index is 11.5. The van der Waals surface area contributed by atoms with Crippen LogP contribution in [-0.2, 0) is 9.53 Å². The Balaban J connectivity index is 2.88. The van der Waals surface area contributed by atoms with Crippen LogP contribution in [0, 0.1) is 6.92 Å². The van der Waals surface area contributed by atoms with Gasteiger partial charge in [0.15, 0.2) is 0 Å². The van der Waals surface area contributed by atoms with Crippen LogP contribution >= 0.6 is 0 Å². The number of benzene rings is 1. The van der Waals surface area contributed by atoms with Gasteiger partial charge in [-0.2, -0.15) is 0 Å². The highest BCUT2D eigenvalue weighted by Crippen LogP contribution is 2.17. The number of esters is 1. The third-order valence-corrected chi connectivity index (χ3v) is 2.86. The van der Waals surface area contributed by atoms with Gasteiger partial charge in [0.25, 0.3) is 0 Å². The fourth-order valence-corrected chi connectivity index (χ4v) is 1.56. The van der Waals surface area contributed by atoms with Crippen molar-refractivity contribution in [3.05, 3.63) is 90.8 Å². The molecule has 2 nitrogen and oxygen atoms in total. The van der Waals surface area contributed by atoms with Crippen LogP contribution in [0.1, 0.15) is 18.1 Å². The summed E-state index contributed by atoms with van der Waals surface area (Å²) in [4.78, 5) is 11.5. The Hall–Kier alpha value is -2.61. The third-order valence-electron chi connectivity index (χ3n) is 2.86. The monoisotopic (exact) mass is 280 g/mol. The number of carbonyl (C=O) groups is 1. The first-order chi connectivity index (χ1) is 9.97. The Morgan fingerprint density at radius 1 is 1.10 bits per heavy atom. The summed E-state index contributed by atoms with van der Waals surface area (Å²) in [5.74, 6) is -0.0166. The van der Waals surface area contributed by atoms with E-state index in [2.05, 4.69) is 19.7 Å². The first-order valence-electron chi connectivity index (χ1n) is 6.59. The zero-order valence-electron chi connectivity index (χ0n) is 12.6. The maximum absolute atomic E-state index is 11.5. The molecule has 0 aromatic heterocycles. The number of aryl methyl sites for hydroxylation is 1.